The van der Waals surface area contributed by atoms with Crippen molar-refractivity contribution in [3.05, 3.63) is 66.0 Å². The van der Waals surface area contributed by atoms with E-state index in [-0.39, 0.29) is 23.5 Å². The van der Waals surface area contributed by atoms with Crippen LogP contribution in [0.2, 0.25) is 0 Å². The van der Waals surface area contributed by atoms with Crippen LogP contribution in [0.1, 0.15) is 24.0 Å². The van der Waals surface area contributed by atoms with Gasteiger partial charge in [-0.05, 0) is 36.1 Å². The molecule has 2 heterocycles. The van der Waals surface area contributed by atoms with Crippen LogP contribution in [0.25, 0.3) is 0 Å². The summed E-state index contributed by atoms with van der Waals surface area (Å²) in [6.45, 7) is 0.455. The van der Waals surface area contributed by atoms with Gasteiger partial charge in [0.15, 0.2) is 9.84 Å². The summed E-state index contributed by atoms with van der Waals surface area (Å²) < 4.78 is 23.7. The van der Waals surface area contributed by atoms with Crippen LogP contribution in [0.15, 0.2) is 54.9 Å². The SMILES string of the molecule is O=C(CCc1ccncc1)N(Cc1ccccc1)[C@@H]1CCS(=O)(=O)C1. The fourth-order valence-corrected chi connectivity index (χ4v) is 4.90. The Kier molecular flexibility index (Phi) is 5.48. The first-order valence-electron chi connectivity index (χ1n) is 8.46. The number of hydrogen-bond acceptors (Lipinski definition) is 4. The first-order chi connectivity index (χ1) is 12.0. The lowest BCUT2D eigenvalue weighted by atomic mass is 10.1. The minimum Gasteiger partial charge on any atom is -0.334 e. The maximum Gasteiger partial charge on any atom is 0.223 e. The largest absolute Gasteiger partial charge is 0.334 e. The molecule has 1 fully saturated rings. The number of aromatic nitrogens is 1. The summed E-state index contributed by atoms with van der Waals surface area (Å²) in [6, 6.07) is 13.3. The van der Waals surface area contributed by atoms with Crippen molar-refractivity contribution in [1.82, 2.24) is 9.88 Å². The van der Waals surface area contributed by atoms with Crippen LogP contribution in [-0.2, 0) is 27.6 Å². The molecule has 0 aliphatic carbocycles. The lowest BCUT2D eigenvalue weighted by molar-refractivity contribution is -0.133. The highest BCUT2D eigenvalue weighted by atomic mass is 32.2. The zero-order valence-electron chi connectivity index (χ0n) is 14.0. The van der Waals surface area contributed by atoms with Gasteiger partial charge in [-0.1, -0.05) is 30.3 Å². The van der Waals surface area contributed by atoms with Gasteiger partial charge in [0.05, 0.1) is 11.5 Å². The molecule has 25 heavy (non-hydrogen) atoms. The van der Waals surface area contributed by atoms with Crippen molar-refractivity contribution in [2.24, 2.45) is 0 Å². The molecular weight excluding hydrogens is 336 g/mol. The van der Waals surface area contributed by atoms with Gasteiger partial charge in [-0.3, -0.25) is 9.78 Å². The average molecular weight is 358 g/mol. The summed E-state index contributed by atoms with van der Waals surface area (Å²) in [5.74, 6) is 0.240. The Morgan fingerprint density at radius 1 is 1.08 bits per heavy atom. The fourth-order valence-electron chi connectivity index (χ4n) is 3.17. The van der Waals surface area contributed by atoms with Crippen LogP contribution in [-0.4, -0.2) is 41.8 Å². The van der Waals surface area contributed by atoms with E-state index < -0.39 is 9.84 Å². The molecule has 3 rings (SSSR count). The number of aryl methyl sites for hydroxylation is 1. The van der Waals surface area contributed by atoms with Gasteiger partial charge in [0.2, 0.25) is 5.91 Å². The van der Waals surface area contributed by atoms with Crippen molar-refractivity contribution >= 4 is 15.7 Å². The van der Waals surface area contributed by atoms with E-state index in [1.807, 2.05) is 42.5 Å². The summed E-state index contributed by atoms with van der Waals surface area (Å²) in [4.78, 5) is 18.6. The number of carbonyl (C=O) groups excluding carboxylic acids is 1. The number of amides is 1. The van der Waals surface area contributed by atoms with Gasteiger partial charge >= 0.3 is 0 Å². The normalized spacial score (nSPS) is 18.8. The molecule has 0 spiro atoms. The Bertz CT molecular complexity index is 807. The van der Waals surface area contributed by atoms with Gasteiger partial charge in [0, 0.05) is 31.4 Å². The molecule has 1 aliphatic rings. The van der Waals surface area contributed by atoms with Gasteiger partial charge < -0.3 is 4.90 Å². The van der Waals surface area contributed by atoms with Gasteiger partial charge in [0.1, 0.15) is 0 Å². The first kappa shape index (κ1) is 17.6. The van der Waals surface area contributed by atoms with Crippen LogP contribution in [0.3, 0.4) is 0 Å². The van der Waals surface area contributed by atoms with Crippen molar-refractivity contribution in [2.75, 3.05) is 11.5 Å². The number of pyridine rings is 1. The van der Waals surface area contributed by atoms with E-state index >= 15 is 0 Å². The fraction of sp³-hybridized carbons (Fsp3) is 0.368. The zero-order valence-corrected chi connectivity index (χ0v) is 14.9. The minimum atomic E-state index is -3.04. The molecule has 132 valence electrons. The maximum absolute atomic E-state index is 12.8. The summed E-state index contributed by atoms with van der Waals surface area (Å²) in [5.41, 5.74) is 2.08. The van der Waals surface area contributed by atoms with E-state index in [0.29, 0.717) is 25.8 Å². The van der Waals surface area contributed by atoms with Crippen molar-refractivity contribution < 1.29 is 13.2 Å². The molecule has 5 nitrogen and oxygen atoms in total. The number of rotatable bonds is 6. The van der Waals surface area contributed by atoms with Crippen LogP contribution in [0, 0.1) is 0 Å². The van der Waals surface area contributed by atoms with Gasteiger partial charge in [-0.25, -0.2) is 8.42 Å². The predicted molar refractivity (Wildman–Crippen MR) is 96.6 cm³/mol. The second-order valence-electron chi connectivity index (χ2n) is 6.42. The number of nitrogens with zero attached hydrogens (tertiary/aromatic N) is 2. The monoisotopic (exact) mass is 358 g/mol. The van der Waals surface area contributed by atoms with Crippen molar-refractivity contribution in [3.8, 4) is 0 Å². The molecule has 0 N–H and O–H groups in total. The van der Waals surface area contributed by atoms with E-state index in [1.165, 1.54) is 0 Å². The highest BCUT2D eigenvalue weighted by Gasteiger charge is 2.34. The van der Waals surface area contributed by atoms with Crippen molar-refractivity contribution in [1.29, 1.82) is 0 Å². The molecular formula is C19H22N2O3S. The first-order valence-corrected chi connectivity index (χ1v) is 10.3. The van der Waals surface area contributed by atoms with Gasteiger partial charge in [-0.15, -0.1) is 0 Å². The molecule has 1 saturated heterocycles. The second-order valence-corrected chi connectivity index (χ2v) is 8.65. The molecule has 0 bridgehead atoms. The molecule has 1 aromatic heterocycles. The molecule has 0 radical (unpaired) electrons. The standard InChI is InChI=1S/C19H22N2O3S/c22-19(7-6-16-8-11-20-12-9-16)21(14-17-4-2-1-3-5-17)18-10-13-25(23,24)15-18/h1-5,8-9,11-12,18H,6-7,10,13-15H2/t18-/m1/s1. The van der Waals surface area contributed by atoms with Crippen LogP contribution < -0.4 is 0 Å². The third-order valence-electron chi connectivity index (χ3n) is 4.54. The van der Waals surface area contributed by atoms with E-state index in [4.69, 9.17) is 0 Å². The summed E-state index contributed by atoms with van der Waals surface area (Å²) in [6.07, 6.45) is 4.95. The predicted octanol–water partition coefficient (Wildman–Crippen LogP) is 2.23. The third-order valence-corrected chi connectivity index (χ3v) is 6.29. The Balaban J connectivity index is 1.72. The highest BCUT2D eigenvalue weighted by Crippen LogP contribution is 2.21. The summed E-state index contributed by atoms with van der Waals surface area (Å²) in [7, 11) is -3.04. The van der Waals surface area contributed by atoms with E-state index in [2.05, 4.69) is 4.98 Å². The lowest BCUT2D eigenvalue weighted by Gasteiger charge is -2.28. The highest BCUT2D eigenvalue weighted by molar-refractivity contribution is 7.91. The average Bonchev–Trinajstić information content (AvgIpc) is 2.99. The van der Waals surface area contributed by atoms with Gasteiger partial charge in [0.25, 0.3) is 0 Å². The molecule has 0 unspecified atom stereocenters. The molecule has 1 atom stereocenters. The second kappa shape index (κ2) is 7.78. The Hall–Kier alpha value is -2.21. The molecule has 0 saturated carbocycles. The molecule has 1 aromatic carbocycles. The van der Waals surface area contributed by atoms with Crippen molar-refractivity contribution in [2.45, 2.75) is 31.8 Å². The smallest absolute Gasteiger partial charge is 0.223 e. The third kappa shape index (κ3) is 4.89. The quantitative estimate of drug-likeness (QED) is 0.794. The Morgan fingerprint density at radius 2 is 1.80 bits per heavy atom. The Morgan fingerprint density at radius 3 is 2.44 bits per heavy atom. The summed E-state index contributed by atoms with van der Waals surface area (Å²) in [5, 5.41) is 0. The van der Waals surface area contributed by atoms with E-state index in [1.54, 1.807) is 17.3 Å². The zero-order chi connectivity index (χ0) is 17.7. The van der Waals surface area contributed by atoms with Crippen LogP contribution >= 0.6 is 0 Å². The number of sulfone groups is 1. The van der Waals surface area contributed by atoms with Crippen LogP contribution in [0.5, 0.6) is 0 Å². The minimum absolute atomic E-state index is 0.00256. The number of benzene rings is 1. The van der Waals surface area contributed by atoms with Crippen molar-refractivity contribution in [3.63, 3.8) is 0 Å². The topological polar surface area (TPSA) is 67.3 Å². The molecule has 1 amide bonds. The molecule has 6 heteroatoms. The summed E-state index contributed by atoms with van der Waals surface area (Å²) >= 11 is 0. The Labute approximate surface area is 148 Å². The lowest BCUT2D eigenvalue weighted by Crippen LogP contribution is -2.40. The molecule has 2 aromatic rings. The van der Waals surface area contributed by atoms with E-state index in [9.17, 15) is 13.2 Å². The van der Waals surface area contributed by atoms with E-state index in [0.717, 1.165) is 11.1 Å². The van der Waals surface area contributed by atoms with Crippen LogP contribution in [0.4, 0.5) is 0 Å². The maximum atomic E-state index is 12.8. The molecule has 1 aliphatic heterocycles. The number of carbonyl (C=O) groups is 1. The van der Waals surface area contributed by atoms with Gasteiger partial charge in [-0.2, -0.15) is 0 Å². The number of hydrogen-bond donors (Lipinski definition) is 0.